The Bertz CT molecular complexity index is 879. The molecule has 0 aliphatic heterocycles. The van der Waals surface area contributed by atoms with Gasteiger partial charge in [-0.25, -0.2) is 18.2 Å². The van der Waals surface area contributed by atoms with Gasteiger partial charge < -0.3 is 9.15 Å². The van der Waals surface area contributed by atoms with E-state index in [1.807, 2.05) is 26.0 Å². The highest BCUT2D eigenvalue weighted by atomic mass is 32.2. The van der Waals surface area contributed by atoms with Gasteiger partial charge >= 0.3 is 5.97 Å². The third kappa shape index (κ3) is 4.13. The van der Waals surface area contributed by atoms with Crippen LogP contribution in [0.25, 0.3) is 0 Å². The summed E-state index contributed by atoms with van der Waals surface area (Å²) in [6.07, 6.45) is 1.80. The van der Waals surface area contributed by atoms with E-state index >= 15 is 0 Å². The third-order valence-corrected chi connectivity index (χ3v) is 6.08. The molecule has 26 heavy (non-hydrogen) atoms. The summed E-state index contributed by atoms with van der Waals surface area (Å²) in [6, 6.07) is 3.70. The fourth-order valence-electron chi connectivity index (χ4n) is 2.97. The van der Waals surface area contributed by atoms with Crippen molar-refractivity contribution >= 4 is 16.0 Å². The van der Waals surface area contributed by atoms with E-state index in [0.29, 0.717) is 29.0 Å². The lowest BCUT2D eigenvalue weighted by Gasteiger charge is -2.22. The largest absolute Gasteiger partial charge is 0.464 e. The Labute approximate surface area is 154 Å². The molecule has 0 N–H and O–H groups in total. The topological polar surface area (TPSA) is 89.7 Å². The van der Waals surface area contributed by atoms with Crippen LogP contribution in [0.2, 0.25) is 0 Å². The molecule has 142 valence electrons. The molecule has 2 aromatic rings. The fourth-order valence-corrected chi connectivity index (χ4v) is 4.86. The van der Waals surface area contributed by atoms with Gasteiger partial charge in [0.15, 0.2) is 5.69 Å². The molecule has 0 aliphatic carbocycles. The van der Waals surface area contributed by atoms with E-state index in [2.05, 4.69) is 9.72 Å². The summed E-state index contributed by atoms with van der Waals surface area (Å²) in [7, 11) is -2.50. The summed E-state index contributed by atoms with van der Waals surface area (Å²) < 4.78 is 37.7. The number of hydrogen-bond donors (Lipinski definition) is 0. The zero-order valence-electron chi connectivity index (χ0n) is 15.7. The number of hydrogen-bond acceptors (Lipinski definition) is 6. The van der Waals surface area contributed by atoms with Gasteiger partial charge in [0.2, 0.25) is 15.9 Å². The normalized spacial score (nSPS) is 11.8. The molecule has 2 rings (SSSR count). The summed E-state index contributed by atoms with van der Waals surface area (Å²) in [5.74, 6) is -0.486. The number of rotatable bonds is 7. The molecule has 7 nitrogen and oxygen atoms in total. The predicted octanol–water partition coefficient (Wildman–Crippen LogP) is 2.99. The fraction of sp³-hybridized carbons (Fsp3) is 0.444. The molecule has 0 amide bonds. The van der Waals surface area contributed by atoms with Gasteiger partial charge in [0.1, 0.15) is 6.26 Å². The minimum absolute atomic E-state index is 0.0130. The second-order valence-corrected chi connectivity index (χ2v) is 8.06. The molecular formula is C18H24N2O5S. The van der Waals surface area contributed by atoms with E-state index in [4.69, 9.17) is 4.42 Å². The van der Waals surface area contributed by atoms with Crippen molar-refractivity contribution in [2.24, 2.45) is 0 Å². The van der Waals surface area contributed by atoms with Crippen molar-refractivity contribution in [3.63, 3.8) is 0 Å². The van der Waals surface area contributed by atoms with Crippen molar-refractivity contribution in [3.8, 4) is 0 Å². The smallest absolute Gasteiger partial charge is 0.360 e. The second kappa shape index (κ2) is 8.01. The van der Waals surface area contributed by atoms with E-state index in [1.54, 1.807) is 13.8 Å². The maximum atomic E-state index is 13.2. The zero-order valence-corrected chi connectivity index (χ0v) is 16.5. The highest BCUT2D eigenvalue weighted by molar-refractivity contribution is 7.89. The van der Waals surface area contributed by atoms with E-state index in [9.17, 15) is 13.2 Å². The van der Waals surface area contributed by atoms with Crippen LogP contribution in [-0.2, 0) is 21.3 Å². The maximum Gasteiger partial charge on any atom is 0.360 e. The number of aromatic nitrogens is 1. The number of oxazole rings is 1. The lowest BCUT2D eigenvalue weighted by molar-refractivity contribution is 0.0594. The van der Waals surface area contributed by atoms with Crippen molar-refractivity contribution in [2.75, 3.05) is 13.7 Å². The van der Waals surface area contributed by atoms with E-state index in [1.165, 1.54) is 17.7 Å². The first kappa shape index (κ1) is 20.1. The monoisotopic (exact) mass is 380 g/mol. The lowest BCUT2D eigenvalue weighted by atomic mass is 10.1. The molecule has 0 fully saturated rings. The Morgan fingerprint density at radius 1 is 1.23 bits per heavy atom. The van der Waals surface area contributed by atoms with Crippen LogP contribution in [0.1, 0.15) is 46.4 Å². The molecule has 0 spiro atoms. The Hall–Kier alpha value is -2.19. The number of benzene rings is 1. The third-order valence-electron chi connectivity index (χ3n) is 3.93. The van der Waals surface area contributed by atoms with Crippen LogP contribution in [0.4, 0.5) is 0 Å². The van der Waals surface area contributed by atoms with Gasteiger partial charge in [0.25, 0.3) is 0 Å². The number of esters is 1. The number of carbonyl (C=O) groups is 1. The van der Waals surface area contributed by atoms with Crippen LogP contribution in [0, 0.1) is 20.8 Å². The molecule has 8 heteroatoms. The SMILES string of the molecule is CCCN(Cc1nc(C(=O)OC)co1)S(=O)(=O)c1c(C)cc(C)cc1C. The van der Waals surface area contributed by atoms with Gasteiger partial charge in [-0.2, -0.15) is 4.31 Å². The van der Waals surface area contributed by atoms with Crippen LogP contribution in [0.5, 0.6) is 0 Å². The summed E-state index contributed by atoms with van der Waals surface area (Å²) in [4.78, 5) is 15.8. The Morgan fingerprint density at radius 2 is 1.85 bits per heavy atom. The molecule has 0 atom stereocenters. The van der Waals surface area contributed by atoms with E-state index in [-0.39, 0.29) is 18.1 Å². The summed E-state index contributed by atoms with van der Waals surface area (Å²) in [6.45, 7) is 7.66. The molecule has 1 aromatic heterocycles. The van der Waals surface area contributed by atoms with E-state index < -0.39 is 16.0 Å². The summed E-state index contributed by atoms with van der Waals surface area (Å²) >= 11 is 0. The van der Waals surface area contributed by atoms with Crippen molar-refractivity contribution in [2.45, 2.75) is 45.6 Å². The number of aryl methyl sites for hydroxylation is 3. The van der Waals surface area contributed by atoms with Crippen LogP contribution in [0.15, 0.2) is 27.7 Å². The first-order chi connectivity index (χ1) is 12.2. The summed E-state index contributed by atoms with van der Waals surface area (Å²) in [5.41, 5.74) is 2.42. The van der Waals surface area contributed by atoms with Crippen LogP contribution < -0.4 is 0 Å². The maximum absolute atomic E-state index is 13.2. The van der Waals surface area contributed by atoms with Crippen LogP contribution >= 0.6 is 0 Å². The van der Waals surface area contributed by atoms with Crippen LogP contribution in [-0.4, -0.2) is 37.3 Å². The average molecular weight is 380 g/mol. The standard InChI is InChI=1S/C18H24N2O5S/c1-6-7-20(10-16-19-15(11-25-16)18(21)24-5)26(22,23)17-13(3)8-12(2)9-14(17)4/h8-9,11H,6-7,10H2,1-5H3. The van der Waals surface area contributed by atoms with Gasteiger partial charge in [-0.1, -0.05) is 24.6 Å². The van der Waals surface area contributed by atoms with Gasteiger partial charge in [-0.05, 0) is 38.3 Å². The number of ether oxygens (including phenoxy) is 1. The van der Waals surface area contributed by atoms with Gasteiger partial charge in [0, 0.05) is 6.54 Å². The minimum atomic E-state index is -3.74. The van der Waals surface area contributed by atoms with Gasteiger partial charge in [0.05, 0.1) is 18.6 Å². The molecule has 0 saturated heterocycles. The molecule has 1 heterocycles. The quantitative estimate of drug-likeness (QED) is 0.686. The van der Waals surface area contributed by atoms with Crippen molar-refractivity contribution in [1.29, 1.82) is 0 Å². The average Bonchev–Trinajstić information content (AvgIpc) is 3.01. The number of sulfonamides is 1. The molecule has 0 unspecified atom stereocenters. The molecule has 0 saturated carbocycles. The minimum Gasteiger partial charge on any atom is -0.464 e. The number of carbonyl (C=O) groups excluding carboxylic acids is 1. The first-order valence-corrected chi connectivity index (χ1v) is 9.75. The lowest BCUT2D eigenvalue weighted by Crippen LogP contribution is -2.32. The highest BCUT2D eigenvalue weighted by Crippen LogP contribution is 2.26. The molecular weight excluding hydrogens is 356 g/mol. The molecule has 0 radical (unpaired) electrons. The Kier molecular flexibility index (Phi) is 6.20. The first-order valence-electron chi connectivity index (χ1n) is 8.31. The molecule has 0 bridgehead atoms. The highest BCUT2D eigenvalue weighted by Gasteiger charge is 2.29. The number of nitrogens with zero attached hydrogens (tertiary/aromatic N) is 2. The molecule has 1 aromatic carbocycles. The van der Waals surface area contributed by atoms with Gasteiger partial charge in [-0.15, -0.1) is 0 Å². The summed E-state index contributed by atoms with van der Waals surface area (Å²) in [5, 5.41) is 0. The van der Waals surface area contributed by atoms with Crippen molar-refractivity contribution < 1.29 is 22.4 Å². The molecule has 0 aliphatic rings. The zero-order chi connectivity index (χ0) is 19.5. The van der Waals surface area contributed by atoms with Crippen molar-refractivity contribution in [1.82, 2.24) is 9.29 Å². The van der Waals surface area contributed by atoms with Crippen molar-refractivity contribution in [3.05, 3.63) is 46.7 Å². The Balaban J connectivity index is 2.40. The van der Waals surface area contributed by atoms with Gasteiger partial charge in [-0.3, -0.25) is 0 Å². The second-order valence-electron chi connectivity index (χ2n) is 6.18. The Morgan fingerprint density at radius 3 is 2.38 bits per heavy atom. The van der Waals surface area contributed by atoms with E-state index in [0.717, 1.165) is 5.56 Å². The number of methoxy groups -OCH3 is 1. The predicted molar refractivity (Wildman–Crippen MR) is 96.4 cm³/mol. The van der Waals surface area contributed by atoms with Crippen LogP contribution in [0.3, 0.4) is 0 Å².